The van der Waals surface area contributed by atoms with Crippen LogP contribution >= 0.6 is 23.2 Å². The number of rotatable bonds is 3. The lowest BCUT2D eigenvalue weighted by Crippen LogP contribution is -2.05. The number of anilines is 3. The number of carbonyl (C=O) groups excluding carboxylic acids is 3. The predicted molar refractivity (Wildman–Crippen MR) is 132 cm³/mol. The van der Waals surface area contributed by atoms with Crippen LogP contribution in [-0.2, 0) is 14.4 Å². The summed E-state index contributed by atoms with van der Waals surface area (Å²) < 4.78 is 0. The topological polar surface area (TPSA) is 87.3 Å². The van der Waals surface area contributed by atoms with E-state index in [1.54, 1.807) is 36.4 Å². The minimum Gasteiger partial charge on any atom is -0.326 e. The molecular formula is C24H25Cl2N3O3. The van der Waals surface area contributed by atoms with Gasteiger partial charge in [-0.3, -0.25) is 14.4 Å². The van der Waals surface area contributed by atoms with Gasteiger partial charge in [0.05, 0.1) is 10.7 Å². The second-order valence-electron chi connectivity index (χ2n) is 6.40. The van der Waals surface area contributed by atoms with Crippen molar-refractivity contribution in [2.75, 3.05) is 16.0 Å². The summed E-state index contributed by atoms with van der Waals surface area (Å²) in [6.07, 6.45) is 0. The van der Waals surface area contributed by atoms with Crippen molar-refractivity contribution >= 4 is 58.0 Å². The first-order valence-electron chi connectivity index (χ1n) is 9.55. The number of hydrogen-bond donors (Lipinski definition) is 3. The van der Waals surface area contributed by atoms with E-state index in [-0.39, 0.29) is 17.7 Å². The minimum atomic E-state index is -0.113. The van der Waals surface area contributed by atoms with Gasteiger partial charge < -0.3 is 16.0 Å². The van der Waals surface area contributed by atoms with Gasteiger partial charge in [0.2, 0.25) is 17.7 Å². The number of nitrogens with one attached hydrogen (secondary N) is 3. The molecule has 0 atom stereocenters. The van der Waals surface area contributed by atoms with E-state index in [9.17, 15) is 14.4 Å². The van der Waals surface area contributed by atoms with Crippen LogP contribution in [-0.4, -0.2) is 17.7 Å². The standard InChI is InChI=1S/2C8H8ClNO.C8H9NO/c1-6(11)10-8-4-2-7(9)3-5-8;1-6(11)10-8-5-3-2-4-7(8)9;1-7(10)9-8-5-3-2-4-6-8/h2*2-5H,1H3,(H,10,11);2-6H,1H3,(H,9,10). The monoisotopic (exact) mass is 473 g/mol. The molecule has 0 bridgehead atoms. The van der Waals surface area contributed by atoms with E-state index < -0.39 is 0 Å². The molecule has 0 fully saturated rings. The molecule has 168 valence electrons. The number of carbonyl (C=O) groups is 3. The average molecular weight is 474 g/mol. The van der Waals surface area contributed by atoms with Crippen LogP contribution in [0.1, 0.15) is 20.8 Å². The predicted octanol–water partition coefficient (Wildman–Crippen LogP) is 6.24. The molecule has 3 N–H and O–H groups in total. The molecule has 0 aliphatic heterocycles. The third-order valence-electron chi connectivity index (χ3n) is 3.44. The average Bonchev–Trinajstić information content (AvgIpc) is 2.72. The highest BCUT2D eigenvalue weighted by molar-refractivity contribution is 6.33. The number of para-hydroxylation sites is 2. The molecule has 6 nitrogen and oxygen atoms in total. The molecule has 0 spiro atoms. The van der Waals surface area contributed by atoms with Gasteiger partial charge >= 0.3 is 0 Å². The lowest BCUT2D eigenvalue weighted by atomic mass is 10.3. The second-order valence-corrected chi connectivity index (χ2v) is 7.24. The Morgan fingerprint density at radius 3 is 1.47 bits per heavy atom. The van der Waals surface area contributed by atoms with Crippen LogP contribution in [0.15, 0.2) is 78.9 Å². The van der Waals surface area contributed by atoms with Crippen molar-refractivity contribution in [2.45, 2.75) is 20.8 Å². The zero-order valence-electron chi connectivity index (χ0n) is 18.0. The normalized spacial score (nSPS) is 9.16. The Labute approximate surface area is 197 Å². The highest BCUT2D eigenvalue weighted by Gasteiger charge is 1.98. The summed E-state index contributed by atoms with van der Waals surface area (Å²) in [5.74, 6) is -0.225. The lowest BCUT2D eigenvalue weighted by Gasteiger charge is -2.02. The quantitative estimate of drug-likeness (QED) is 0.420. The van der Waals surface area contributed by atoms with Crippen molar-refractivity contribution in [2.24, 2.45) is 0 Å². The maximum atomic E-state index is 10.6. The summed E-state index contributed by atoms with van der Waals surface area (Å²) >= 11 is 11.4. The third-order valence-corrected chi connectivity index (χ3v) is 4.02. The summed E-state index contributed by atoms with van der Waals surface area (Å²) in [6, 6.07) is 23.4. The fourth-order valence-corrected chi connectivity index (χ4v) is 2.52. The van der Waals surface area contributed by atoms with E-state index in [2.05, 4.69) is 16.0 Å². The minimum absolute atomic E-state index is 0.0359. The first-order chi connectivity index (χ1) is 15.2. The molecule has 0 unspecified atom stereocenters. The van der Waals surface area contributed by atoms with Gasteiger partial charge in [0.25, 0.3) is 0 Å². The Bertz CT molecular complexity index is 1010. The van der Waals surface area contributed by atoms with Crippen LogP contribution < -0.4 is 16.0 Å². The van der Waals surface area contributed by atoms with Crippen LogP contribution in [0.25, 0.3) is 0 Å². The molecule has 3 amide bonds. The molecular weight excluding hydrogens is 449 g/mol. The Hall–Kier alpha value is -3.35. The number of amides is 3. The summed E-state index contributed by atoms with van der Waals surface area (Å²) in [4.78, 5) is 31.7. The SMILES string of the molecule is CC(=O)Nc1ccc(Cl)cc1.CC(=O)Nc1ccccc1.CC(=O)Nc1ccccc1Cl. The summed E-state index contributed by atoms with van der Waals surface area (Å²) in [5, 5.41) is 9.13. The van der Waals surface area contributed by atoms with E-state index in [1.807, 2.05) is 42.5 Å². The van der Waals surface area contributed by atoms with E-state index >= 15 is 0 Å². The molecule has 0 radical (unpaired) electrons. The van der Waals surface area contributed by atoms with Crippen molar-refractivity contribution in [3.8, 4) is 0 Å². The van der Waals surface area contributed by atoms with Crippen molar-refractivity contribution in [1.29, 1.82) is 0 Å². The first-order valence-corrected chi connectivity index (χ1v) is 10.3. The van der Waals surface area contributed by atoms with Crippen molar-refractivity contribution < 1.29 is 14.4 Å². The summed E-state index contributed by atoms with van der Waals surface area (Å²) in [7, 11) is 0. The van der Waals surface area contributed by atoms with Crippen LogP contribution in [0.3, 0.4) is 0 Å². The first kappa shape index (κ1) is 26.7. The van der Waals surface area contributed by atoms with Crippen molar-refractivity contribution in [1.82, 2.24) is 0 Å². The Balaban J connectivity index is 0.000000240. The number of hydrogen-bond acceptors (Lipinski definition) is 3. The fraction of sp³-hybridized carbons (Fsp3) is 0.125. The summed E-state index contributed by atoms with van der Waals surface area (Å²) in [5.41, 5.74) is 2.26. The van der Waals surface area contributed by atoms with Gasteiger partial charge in [0, 0.05) is 37.2 Å². The van der Waals surface area contributed by atoms with E-state index in [4.69, 9.17) is 23.2 Å². The van der Waals surface area contributed by atoms with Crippen molar-refractivity contribution in [3.63, 3.8) is 0 Å². The summed E-state index contributed by atoms with van der Waals surface area (Å²) in [6.45, 7) is 4.41. The molecule has 3 aromatic rings. The van der Waals surface area contributed by atoms with Gasteiger partial charge in [0.1, 0.15) is 0 Å². The maximum Gasteiger partial charge on any atom is 0.221 e. The maximum absolute atomic E-state index is 10.6. The molecule has 0 heterocycles. The van der Waals surface area contributed by atoms with Gasteiger partial charge in [-0.15, -0.1) is 0 Å². The molecule has 0 saturated carbocycles. The van der Waals surface area contributed by atoms with Crippen LogP contribution in [0.2, 0.25) is 10.0 Å². The van der Waals surface area contributed by atoms with Crippen LogP contribution in [0, 0.1) is 0 Å². The Morgan fingerprint density at radius 1 is 0.562 bits per heavy atom. The smallest absolute Gasteiger partial charge is 0.221 e. The van der Waals surface area contributed by atoms with Gasteiger partial charge in [-0.1, -0.05) is 53.5 Å². The number of benzene rings is 3. The van der Waals surface area contributed by atoms with Crippen LogP contribution in [0.5, 0.6) is 0 Å². The molecule has 3 rings (SSSR count). The second kappa shape index (κ2) is 14.6. The highest BCUT2D eigenvalue weighted by atomic mass is 35.5. The fourth-order valence-electron chi connectivity index (χ4n) is 2.21. The molecule has 0 aliphatic rings. The number of halogens is 2. The Kier molecular flexibility index (Phi) is 12.2. The molecule has 0 saturated heterocycles. The van der Waals surface area contributed by atoms with Gasteiger partial charge in [0.15, 0.2) is 0 Å². The van der Waals surface area contributed by atoms with Gasteiger partial charge in [-0.2, -0.15) is 0 Å². The molecule has 8 heteroatoms. The Morgan fingerprint density at radius 2 is 1.00 bits per heavy atom. The van der Waals surface area contributed by atoms with E-state index in [1.165, 1.54) is 20.8 Å². The largest absolute Gasteiger partial charge is 0.326 e. The zero-order chi connectivity index (χ0) is 23.9. The zero-order valence-corrected chi connectivity index (χ0v) is 19.5. The molecule has 0 aromatic heterocycles. The van der Waals surface area contributed by atoms with Crippen LogP contribution in [0.4, 0.5) is 17.1 Å². The van der Waals surface area contributed by atoms with Gasteiger partial charge in [-0.25, -0.2) is 0 Å². The third kappa shape index (κ3) is 12.4. The highest BCUT2D eigenvalue weighted by Crippen LogP contribution is 2.19. The molecule has 0 aliphatic carbocycles. The molecule has 32 heavy (non-hydrogen) atoms. The van der Waals surface area contributed by atoms with E-state index in [0.717, 1.165) is 11.4 Å². The van der Waals surface area contributed by atoms with E-state index in [0.29, 0.717) is 15.7 Å². The van der Waals surface area contributed by atoms with Crippen molar-refractivity contribution in [3.05, 3.63) is 88.9 Å². The van der Waals surface area contributed by atoms with Gasteiger partial charge in [-0.05, 0) is 48.5 Å². The lowest BCUT2D eigenvalue weighted by molar-refractivity contribution is -0.115. The molecule has 3 aromatic carbocycles.